The van der Waals surface area contributed by atoms with Gasteiger partial charge in [-0.25, -0.2) is 4.79 Å². The van der Waals surface area contributed by atoms with Crippen LogP contribution < -0.4 is 4.74 Å². The number of carbonyl (C=O) groups excluding carboxylic acids is 1. The summed E-state index contributed by atoms with van der Waals surface area (Å²) in [5.41, 5.74) is 0. The van der Waals surface area contributed by atoms with Crippen LogP contribution in [0.5, 0.6) is 5.75 Å². The van der Waals surface area contributed by atoms with Crippen molar-refractivity contribution in [2.75, 3.05) is 26.4 Å². The highest BCUT2D eigenvalue weighted by atomic mass is 16.5. The van der Waals surface area contributed by atoms with Gasteiger partial charge in [0.1, 0.15) is 25.0 Å². The molecule has 1 aromatic carbocycles. The third kappa shape index (κ3) is 4.73. The van der Waals surface area contributed by atoms with E-state index in [1.165, 1.54) is 4.90 Å². The molecule has 1 heterocycles. The highest BCUT2D eigenvalue weighted by molar-refractivity contribution is 5.84. The maximum absolute atomic E-state index is 12.0. The van der Waals surface area contributed by atoms with E-state index in [2.05, 4.69) is 0 Å². The molecule has 0 aromatic heterocycles. The molecule has 6 nitrogen and oxygen atoms in total. The Bertz CT molecular complexity index is 491. The average molecular weight is 307 g/mol. The van der Waals surface area contributed by atoms with Gasteiger partial charge < -0.3 is 19.5 Å². The van der Waals surface area contributed by atoms with Crippen molar-refractivity contribution < 1.29 is 24.2 Å². The SMILES string of the molecule is O=C(O)[C@@H]1CCCCN1C(=O)COCCOc1ccccc1. The Hall–Kier alpha value is -2.08. The van der Waals surface area contributed by atoms with E-state index in [0.29, 0.717) is 19.6 Å². The number of aliphatic carboxylic acids is 1. The first kappa shape index (κ1) is 16.3. The molecule has 0 spiro atoms. The number of hydrogen-bond acceptors (Lipinski definition) is 4. The van der Waals surface area contributed by atoms with E-state index in [1.807, 2.05) is 30.3 Å². The van der Waals surface area contributed by atoms with Crippen LogP contribution >= 0.6 is 0 Å². The predicted octanol–water partition coefficient (Wildman–Crippen LogP) is 1.55. The number of rotatable bonds is 7. The van der Waals surface area contributed by atoms with Crippen LogP contribution in [-0.2, 0) is 14.3 Å². The van der Waals surface area contributed by atoms with Gasteiger partial charge in [-0.05, 0) is 31.4 Å². The Morgan fingerprint density at radius 3 is 2.68 bits per heavy atom. The Balaban J connectivity index is 1.67. The Morgan fingerprint density at radius 2 is 1.95 bits per heavy atom. The molecule has 1 saturated heterocycles. The number of hydrogen-bond donors (Lipinski definition) is 1. The molecule has 22 heavy (non-hydrogen) atoms. The van der Waals surface area contributed by atoms with Crippen LogP contribution in [0.4, 0.5) is 0 Å². The lowest BCUT2D eigenvalue weighted by Crippen LogP contribution is -2.49. The number of para-hydroxylation sites is 1. The molecule has 0 saturated carbocycles. The maximum Gasteiger partial charge on any atom is 0.326 e. The molecule has 0 unspecified atom stereocenters. The zero-order valence-corrected chi connectivity index (χ0v) is 12.4. The van der Waals surface area contributed by atoms with E-state index in [0.717, 1.165) is 18.6 Å². The summed E-state index contributed by atoms with van der Waals surface area (Å²) < 4.78 is 10.7. The van der Waals surface area contributed by atoms with Gasteiger partial charge in [0, 0.05) is 6.54 Å². The van der Waals surface area contributed by atoms with Gasteiger partial charge in [0.05, 0.1) is 6.61 Å². The second-order valence-electron chi connectivity index (χ2n) is 5.15. The molecular weight excluding hydrogens is 286 g/mol. The molecule has 1 aromatic rings. The Labute approximate surface area is 129 Å². The monoisotopic (exact) mass is 307 g/mol. The lowest BCUT2D eigenvalue weighted by atomic mass is 10.0. The molecule has 1 atom stereocenters. The van der Waals surface area contributed by atoms with Crippen molar-refractivity contribution >= 4 is 11.9 Å². The van der Waals surface area contributed by atoms with Gasteiger partial charge in [-0.2, -0.15) is 0 Å². The molecule has 0 aliphatic carbocycles. The third-order valence-corrected chi connectivity index (χ3v) is 3.57. The van der Waals surface area contributed by atoms with Gasteiger partial charge in [-0.15, -0.1) is 0 Å². The summed E-state index contributed by atoms with van der Waals surface area (Å²) in [6.45, 7) is 1.01. The van der Waals surface area contributed by atoms with E-state index in [9.17, 15) is 9.59 Å². The second-order valence-corrected chi connectivity index (χ2v) is 5.15. The largest absolute Gasteiger partial charge is 0.491 e. The van der Waals surface area contributed by atoms with Crippen molar-refractivity contribution in [3.05, 3.63) is 30.3 Å². The smallest absolute Gasteiger partial charge is 0.326 e. The standard InChI is InChI=1S/C16H21NO5/c18-15(17-9-5-4-8-14(17)16(19)20)12-21-10-11-22-13-6-2-1-3-7-13/h1-3,6-7,14H,4-5,8-12H2,(H,19,20)/t14-/m0/s1. The molecule has 1 aliphatic heterocycles. The molecule has 0 radical (unpaired) electrons. The van der Waals surface area contributed by atoms with Gasteiger partial charge in [0.25, 0.3) is 0 Å². The Morgan fingerprint density at radius 1 is 1.18 bits per heavy atom. The van der Waals surface area contributed by atoms with Crippen LogP contribution in [0.3, 0.4) is 0 Å². The lowest BCUT2D eigenvalue weighted by molar-refractivity contribution is -0.154. The number of piperidine rings is 1. The topological polar surface area (TPSA) is 76.1 Å². The fourth-order valence-electron chi connectivity index (χ4n) is 2.46. The molecule has 1 fully saturated rings. The van der Waals surface area contributed by atoms with Crippen molar-refractivity contribution in [1.82, 2.24) is 4.90 Å². The van der Waals surface area contributed by atoms with E-state index in [-0.39, 0.29) is 19.1 Å². The van der Waals surface area contributed by atoms with E-state index < -0.39 is 12.0 Å². The average Bonchev–Trinajstić information content (AvgIpc) is 2.55. The quantitative estimate of drug-likeness (QED) is 0.773. The van der Waals surface area contributed by atoms with Crippen molar-refractivity contribution in [3.63, 3.8) is 0 Å². The van der Waals surface area contributed by atoms with Gasteiger partial charge in [0.15, 0.2) is 0 Å². The summed E-state index contributed by atoms with van der Waals surface area (Å²) in [4.78, 5) is 24.6. The summed E-state index contributed by atoms with van der Waals surface area (Å²) >= 11 is 0. The van der Waals surface area contributed by atoms with Gasteiger partial charge in [-0.3, -0.25) is 4.79 Å². The second kappa shape index (κ2) is 8.38. The fourth-order valence-corrected chi connectivity index (χ4v) is 2.46. The van der Waals surface area contributed by atoms with Crippen molar-refractivity contribution in [2.24, 2.45) is 0 Å². The molecule has 1 amide bonds. The number of likely N-dealkylation sites (tertiary alicyclic amines) is 1. The summed E-state index contributed by atoms with van der Waals surface area (Å²) in [6, 6.07) is 8.63. The molecular formula is C16H21NO5. The van der Waals surface area contributed by atoms with Crippen molar-refractivity contribution in [2.45, 2.75) is 25.3 Å². The summed E-state index contributed by atoms with van der Waals surface area (Å²) in [5, 5.41) is 9.14. The van der Waals surface area contributed by atoms with Gasteiger partial charge in [-0.1, -0.05) is 18.2 Å². The summed E-state index contributed by atoms with van der Waals surface area (Å²) in [5.74, 6) is -0.466. The minimum absolute atomic E-state index is 0.109. The zero-order chi connectivity index (χ0) is 15.8. The van der Waals surface area contributed by atoms with Crippen LogP contribution in [-0.4, -0.2) is 54.3 Å². The first-order valence-corrected chi connectivity index (χ1v) is 7.46. The van der Waals surface area contributed by atoms with Crippen LogP contribution in [0.25, 0.3) is 0 Å². The molecule has 120 valence electrons. The van der Waals surface area contributed by atoms with Gasteiger partial charge >= 0.3 is 5.97 Å². The number of ether oxygens (including phenoxy) is 2. The van der Waals surface area contributed by atoms with Crippen LogP contribution in [0.1, 0.15) is 19.3 Å². The van der Waals surface area contributed by atoms with E-state index >= 15 is 0 Å². The maximum atomic E-state index is 12.0. The number of carbonyl (C=O) groups is 2. The summed E-state index contributed by atoms with van der Waals surface area (Å²) in [6.07, 6.45) is 2.19. The summed E-state index contributed by atoms with van der Waals surface area (Å²) in [7, 11) is 0. The fraction of sp³-hybridized carbons (Fsp3) is 0.500. The third-order valence-electron chi connectivity index (χ3n) is 3.57. The van der Waals surface area contributed by atoms with Crippen LogP contribution in [0, 0.1) is 0 Å². The van der Waals surface area contributed by atoms with Crippen molar-refractivity contribution in [1.29, 1.82) is 0 Å². The van der Waals surface area contributed by atoms with Gasteiger partial charge in [0.2, 0.25) is 5.91 Å². The van der Waals surface area contributed by atoms with Crippen LogP contribution in [0.15, 0.2) is 30.3 Å². The van der Waals surface area contributed by atoms with E-state index in [1.54, 1.807) is 0 Å². The van der Waals surface area contributed by atoms with Crippen LogP contribution in [0.2, 0.25) is 0 Å². The Kier molecular flexibility index (Phi) is 6.21. The normalized spacial score (nSPS) is 18.0. The molecule has 6 heteroatoms. The zero-order valence-electron chi connectivity index (χ0n) is 12.4. The number of carboxylic acids is 1. The first-order valence-electron chi connectivity index (χ1n) is 7.46. The molecule has 1 N–H and O–H groups in total. The number of amides is 1. The molecule has 1 aliphatic rings. The lowest BCUT2D eigenvalue weighted by Gasteiger charge is -2.32. The predicted molar refractivity (Wildman–Crippen MR) is 79.7 cm³/mol. The molecule has 0 bridgehead atoms. The number of nitrogens with zero attached hydrogens (tertiary/aromatic N) is 1. The van der Waals surface area contributed by atoms with Crippen molar-refractivity contribution in [3.8, 4) is 5.75 Å². The van der Waals surface area contributed by atoms with E-state index in [4.69, 9.17) is 14.6 Å². The number of carboxylic acid groups (broad SMARTS) is 1. The number of benzene rings is 1. The highest BCUT2D eigenvalue weighted by Crippen LogP contribution is 2.17. The minimum atomic E-state index is -0.944. The molecule has 2 rings (SSSR count). The minimum Gasteiger partial charge on any atom is -0.491 e. The highest BCUT2D eigenvalue weighted by Gasteiger charge is 2.31. The first-order chi connectivity index (χ1) is 10.7.